The van der Waals surface area contributed by atoms with E-state index in [0.717, 1.165) is 64.5 Å². The van der Waals surface area contributed by atoms with Gasteiger partial charge >= 0.3 is 11.9 Å². The standard InChI is InChI=1S/C26H29N3O6S3/c1-3-35-22(32)13-29-17-10-7-8-12-19(17)38-26(29)28-21(31)15-36-14-20(30)27-24-23(25(33)34-2)16-9-5-4-6-11-18(16)37-24/h7-8,10,12H,3-6,9,11,13-15H2,1-2H3,(H,27,30). The Morgan fingerprint density at radius 1 is 1.08 bits per heavy atom. The molecule has 3 aromatic rings. The topological polar surface area (TPSA) is 116 Å². The molecule has 202 valence electrons. The van der Waals surface area contributed by atoms with Crippen LogP contribution in [0.25, 0.3) is 10.2 Å². The van der Waals surface area contributed by atoms with Gasteiger partial charge in [0.05, 0.1) is 41.0 Å². The smallest absolute Gasteiger partial charge is 0.341 e. The normalized spacial score (nSPS) is 13.6. The van der Waals surface area contributed by atoms with E-state index >= 15 is 0 Å². The minimum Gasteiger partial charge on any atom is -0.465 e. The van der Waals surface area contributed by atoms with Crippen molar-refractivity contribution in [2.45, 2.75) is 45.6 Å². The predicted octanol–water partition coefficient (Wildman–Crippen LogP) is 4.18. The van der Waals surface area contributed by atoms with Gasteiger partial charge in [-0.05, 0) is 50.3 Å². The van der Waals surface area contributed by atoms with Crippen LogP contribution in [0, 0.1) is 0 Å². The number of carbonyl (C=O) groups is 4. The van der Waals surface area contributed by atoms with Crippen molar-refractivity contribution in [3.63, 3.8) is 0 Å². The molecule has 1 aliphatic carbocycles. The highest BCUT2D eigenvalue weighted by atomic mass is 32.2. The zero-order chi connectivity index (χ0) is 27.1. The molecular weight excluding hydrogens is 547 g/mol. The number of hydrogen-bond acceptors (Lipinski definition) is 9. The molecule has 12 heteroatoms. The molecule has 1 N–H and O–H groups in total. The van der Waals surface area contributed by atoms with E-state index in [0.29, 0.717) is 15.4 Å². The van der Waals surface area contributed by atoms with E-state index < -0.39 is 17.8 Å². The van der Waals surface area contributed by atoms with E-state index in [2.05, 4.69) is 10.3 Å². The Bertz CT molecular complexity index is 1420. The van der Waals surface area contributed by atoms with Gasteiger partial charge < -0.3 is 19.4 Å². The van der Waals surface area contributed by atoms with E-state index in [1.54, 1.807) is 11.5 Å². The van der Waals surface area contributed by atoms with Crippen molar-refractivity contribution in [2.75, 3.05) is 30.5 Å². The number of methoxy groups -OCH3 is 1. The van der Waals surface area contributed by atoms with Crippen LogP contribution in [0.5, 0.6) is 0 Å². The van der Waals surface area contributed by atoms with Crippen LogP contribution in [-0.4, -0.2) is 53.5 Å². The number of nitrogens with one attached hydrogen (secondary N) is 1. The number of thioether (sulfide) groups is 1. The number of aromatic nitrogens is 1. The van der Waals surface area contributed by atoms with Crippen molar-refractivity contribution in [3.8, 4) is 0 Å². The molecule has 2 heterocycles. The molecule has 0 saturated heterocycles. The van der Waals surface area contributed by atoms with Crippen LogP contribution in [0.2, 0.25) is 0 Å². The van der Waals surface area contributed by atoms with Gasteiger partial charge in [0.15, 0.2) is 4.80 Å². The van der Waals surface area contributed by atoms with Gasteiger partial charge in [0.1, 0.15) is 11.5 Å². The minimum absolute atomic E-state index is 0.00806. The first-order chi connectivity index (χ1) is 18.4. The Morgan fingerprint density at radius 2 is 1.87 bits per heavy atom. The number of amides is 2. The van der Waals surface area contributed by atoms with Crippen LogP contribution in [0.3, 0.4) is 0 Å². The molecule has 1 aliphatic rings. The van der Waals surface area contributed by atoms with E-state index in [1.807, 2.05) is 24.3 Å². The Balaban J connectivity index is 1.41. The minimum atomic E-state index is -0.444. The fraction of sp³-hybridized carbons (Fsp3) is 0.423. The number of ether oxygens (including phenoxy) is 2. The maximum Gasteiger partial charge on any atom is 0.341 e. The number of thiazole rings is 1. The van der Waals surface area contributed by atoms with Crippen LogP contribution in [-0.2, 0) is 43.2 Å². The molecule has 4 rings (SSSR count). The molecule has 0 radical (unpaired) electrons. The summed E-state index contributed by atoms with van der Waals surface area (Å²) in [4.78, 5) is 55.6. The summed E-state index contributed by atoms with van der Waals surface area (Å²) in [6, 6.07) is 7.50. The molecular formula is C26H29N3O6S3. The van der Waals surface area contributed by atoms with Crippen LogP contribution in [0.4, 0.5) is 5.00 Å². The van der Waals surface area contributed by atoms with E-state index in [4.69, 9.17) is 9.47 Å². The molecule has 2 amide bonds. The van der Waals surface area contributed by atoms with Gasteiger partial charge in [0.2, 0.25) is 5.91 Å². The molecule has 0 aliphatic heterocycles. The summed E-state index contributed by atoms with van der Waals surface area (Å²) in [5.41, 5.74) is 2.23. The monoisotopic (exact) mass is 575 g/mol. The summed E-state index contributed by atoms with van der Waals surface area (Å²) in [5.74, 6) is -1.55. The lowest BCUT2D eigenvalue weighted by Gasteiger charge is -2.07. The van der Waals surface area contributed by atoms with Crippen molar-refractivity contribution in [1.82, 2.24) is 4.57 Å². The lowest BCUT2D eigenvalue weighted by atomic mass is 10.1. The van der Waals surface area contributed by atoms with Gasteiger partial charge in [-0.25, -0.2) is 4.79 Å². The number of anilines is 1. The van der Waals surface area contributed by atoms with Gasteiger partial charge in [-0.3, -0.25) is 14.4 Å². The first-order valence-electron chi connectivity index (χ1n) is 12.3. The third-order valence-corrected chi connectivity index (χ3v) is 9.11. The summed E-state index contributed by atoms with van der Waals surface area (Å²) in [6.07, 6.45) is 4.86. The fourth-order valence-electron chi connectivity index (χ4n) is 4.28. The highest BCUT2D eigenvalue weighted by Gasteiger charge is 2.26. The number of hydrogen-bond donors (Lipinski definition) is 1. The number of nitrogens with zero attached hydrogens (tertiary/aromatic N) is 2. The highest BCUT2D eigenvalue weighted by Crippen LogP contribution is 2.38. The van der Waals surface area contributed by atoms with E-state index in [9.17, 15) is 19.2 Å². The van der Waals surface area contributed by atoms with E-state index in [1.165, 1.54) is 29.8 Å². The van der Waals surface area contributed by atoms with Crippen LogP contribution >= 0.6 is 34.4 Å². The van der Waals surface area contributed by atoms with Crippen LogP contribution in [0.1, 0.15) is 47.0 Å². The summed E-state index contributed by atoms with van der Waals surface area (Å²) >= 11 is 3.88. The third kappa shape index (κ3) is 6.72. The van der Waals surface area contributed by atoms with Crippen LogP contribution < -0.4 is 10.1 Å². The SMILES string of the molecule is CCOC(=O)Cn1c(=NC(=O)CSCC(=O)Nc2sc3c(c2C(=O)OC)CCCCC3)sc2ccccc21. The fourth-order valence-corrected chi connectivity index (χ4v) is 7.22. The number of fused-ring (bicyclic) bond motifs is 2. The van der Waals surface area contributed by atoms with Gasteiger partial charge in [-0.2, -0.15) is 4.99 Å². The van der Waals surface area contributed by atoms with Gasteiger partial charge in [0, 0.05) is 4.88 Å². The number of thiophene rings is 1. The number of carbonyl (C=O) groups excluding carboxylic acids is 4. The lowest BCUT2D eigenvalue weighted by molar-refractivity contribution is -0.143. The Morgan fingerprint density at radius 3 is 2.66 bits per heavy atom. The summed E-state index contributed by atoms with van der Waals surface area (Å²) in [7, 11) is 1.34. The van der Waals surface area contributed by atoms with Gasteiger partial charge in [0.25, 0.3) is 5.91 Å². The molecule has 0 fully saturated rings. The lowest BCUT2D eigenvalue weighted by Crippen LogP contribution is -2.23. The number of benzene rings is 1. The molecule has 2 aromatic heterocycles. The molecule has 0 unspecified atom stereocenters. The van der Waals surface area contributed by atoms with Crippen molar-refractivity contribution >= 4 is 73.4 Å². The Labute approximate surface area is 232 Å². The zero-order valence-electron chi connectivity index (χ0n) is 21.2. The first-order valence-corrected chi connectivity index (χ1v) is 15.1. The molecule has 1 aromatic carbocycles. The van der Waals surface area contributed by atoms with Crippen molar-refractivity contribution in [3.05, 3.63) is 45.1 Å². The van der Waals surface area contributed by atoms with Gasteiger partial charge in [-0.15, -0.1) is 23.1 Å². The van der Waals surface area contributed by atoms with Crippen molar-refractivity contribution in [1.29, 1.82) is 0 Å². The summed E-state index contributed by atoms with van der Waals surface area (Å²) in [6.45, 7) is 1.95. The Hall–Kier alpha value is -2.96. The first kappa shape index (κ1) is 28.1. The average Bonchev–Trinajstić information content (AvgIpc) is 3.30. The largest absolute Gasteiger partial charge is 0.465 e. The van der Waals surface area contributed by atoms with E-state index in [-0.39, 0.29) is 30.6 Å². The Kier molecular flexibility index (Phi) is 9.75. The maximum atomic E-state index is 12.7. The number of aryl methyl sites for hydroxylation is 1. The number of rotatable bonds is 9. The summed E-state index contributed by atoms with van der Waals surface area (Å²) < 4.78 is 12.6. The second-order valence-corrected chi connectivity index (χ2v) is 11.7. The predicted molar refractivity (Wildman–Crippen MR) is 150 cm³/mol. The maximum absolute atomic E-state index is 12.7. The van der Waals surface area contributed by atoms with Crippen LogP contribution in [0.15, 0.2) is 29.3 Å². The molecule has 9 nitrogen and oxygen atoms in total. The zero-order valence-corrected chi connectivity index (χ0v) is 23.7. The highest BCUT2D eigenvalue weighted by molar-refractivity contribution is 8.00. The quantitative estimate of drug-likeness (QED) is 0.301. The molecule has 0 bridgehead atoms. The number of esters is 2. The third-order valence-electron chi connectivity index (χ3n) is 5.92. The second-order valence-electron chi connectivity index (χ2n) is 8.55. The molecule has 0 atom stereocenters. The van der Waals surface area contributed by atoms with Crippen molar-refractivity contribution in [2.24, 2.45) is 4.99 Å². The average molecular weight is 576 g/mol. The second kappa shape index (κ2) is 13.2. The molecule has 0 spiro atoms. The van der Waals surface area contributed by atoms with Gasteiger partial charge in [-0.1, -0.05) is 29.9 Å². The van der Waals surface area contributed by atoms with Crippen molar-refractivity contribution < 1.29 is 28.7 Å². The molecule has 0 saturated carbocycles. The summed E-state index contributed by atoms with van der Waals surface area (Å²) in [5, 5.41) is 3.36. The number of para-hydroxylation sites is 1. The molecule has 38 heavy (non-hydrogen) atoms.